The van der Waals surface area contributed by atoms with E-state index >= 15 is 0 Å². The molecule has 0 aliphatic rings. The molecule has 5 nitrogen and oxygen atoms in total. The number of urea groups is 1. The summed E-state index contributed by atoms with van der Waals surface area (Å²) in [6.45, 7) is 0.317. The van der Waals surface area contributed by atoms with Crippen molar-refractivity contribution in [3.63, 3.8) is 0 Å². The Kier molecular flexibility index (Phi) is 6.35. The van der Waals surface area contributed by atoms with E-state index in [1.807, 2.05) is 5.32 Å². The fourth-order valence-electron chi connectivity index (χ4n) is 2.42. The van der Waals surface area contributed by atoms with Crippen molar-refractivity contribution in [2.24, 2.45) is 5.73 Å². The van der Waals surface area contributed by atoms with Crippen molar-refractivity contribution in [2.45, 2.75) is 18.6 Å². The van der Waals surface area contributed by atoms with E-state index in [1.165, 1.54) is 12.1 Å². The van der Waals surface area contributed by atoms with Gasteiger partial charge < -0.3 is 11.1 Å². The van der Waals surface area contributed by atoms with Crippen LogP contribution in [0.4, 0.5) is 18.0 Å². The van der Waals surface area contributed by atoms with E-state index in [1.54, 1.807) is 30.3 Å². The van der Waals surface area contributed by atoms with Crippen LogP contribution in [-0.4, -0.2) is 18.5 Å². The van der Waals surface area contributed by atoms with Gasteiger partial charge in [-0.3, -0.25) is 10.1 Å². The molecule has 0 spiro atoms. The third kappa shape index (κ3) is 5.59. The molecule has 0 aliphatic heterocycles. The van der Waals surface area contributed by atoms with E-state index < -0.39 is 29.7 Å². The number of hydrogen-bond acceptors (Lipinski definition) is 3. The van der Waals surface area contributed by atoms with Crippen LogP contribution < -0.4 is 16.4 Å². The largest absolute Gasteiger partial charge is 0.416 e. The Morgan fingerprint density at radius 1 is 1.00 bits per heavy atom. The van der Waals surface area contributed by atoms with E-state index in [0.29, 0.717) is 24.1 Å². The number of benzene rings is 2. The molecule has 0 heterocycles. The fraction of sp³-hybridized carbons (Fsp3) is 0.222. The van der Waals surface area contributed by atoms with Crippen molar-refractivity contribution in [1.82, 2.24) is 10.6 Å². The zero-order valence-corrected chi connectivity index (χ0v) is 13.7. The van der Waals surface area contributed by atoms with Gasteiger partial charge >= 0.3 is 12.2 Å². The summed E-state index contributed by atoms with van der Waals surface area (Å²) < 4.78 is 37.7. The summed E-state index contributed by atoms with van der Waals surface area (Å²) in [5.74, 6) is -0.601. The predicted octanol–water partition coefficient (Wildman–Crippen LogP) is 2.77. The zero-order chi connectivity index (χ0) is 19.2. The number of hydrogen-bond donors (Lipinski definition) is 3. The Hall–Kier alpha value is -2.87. The van der Waals surface area contributed by atoms with Crippen molar-refractivity contribution >= 4 is 11.9 Å². The second kappa shape index (κ2) is 8.48. The minimum atomic E-state index is -4.37. The molecule has 26 heavy (non-hydrogen) atoms. The molecule has 4 N–H and O–H groups in total. The summed E-state index contributed by atoms with van der Waals surface area (Å²) >= 11 is 0. The zero-order valence-electron chi connectivity index (χ0n) is 13.7. The molecule has 0 unspecified atom stereocenters. The van der Waals surface area contributed by atoms with E-state index in [0.717, 1.165) is 12.1 Å². The lowest BCUT2D eigenvalue weighted by Crippen LogP contribution is -2.43. The highest BCUT2D eigenvalue weighted by atomic mass is 19.4. The highest BCUT2D eigenvalue weighted by Gasteiger charge is 2.29. The first kappa shape index (κ1) is 19.5. The number of nitrogens with two attached hydrogens (primary N) is 1. The van der Waals surface area contributed by atoms with Crippen LogP contribution in [0.3, 0.4) is 0 Å². The summed E-state index contributed by atoms with van der Waals surface area (Å²) in [6.07, 6.45) is -3.96. The number of nitrogens with one attached hydrogen (secondary N) is 2. The number of rotatable bonds is 6. The molecule has 0 aliphatic carbocycles. The predicted molar refractivity (Wildman–Crippen MR) is 90.1 cm³/mol. The third-order valence-electron chi connectivity index (χ3n) is 3.68. The number of alkyl halides is 3. The van der Waals surface area contributed by atoms with Crippen LogP contribution in [0.2, 0.25) is 0 Å². The molecule has 0 saturated carbocycles. The SMILES string of the molecule is NC(=O)NC(=O)[C@H](NCCc1ccc(C(F)(F)F)cc1)c1ccccc1. The molecule has 0 radical (unpaired) electrons. The Morgan fingerprint density at radius 3 is 2.15 bits per heavy atom. The van der Waals surface area contributed by atoms with E-state index in [-0.39, 0.29) is 0 Å². The Morgan fingerprint density at radius 2 is 1.62 bits per heavy atom. The quantitative estimate of drug-likeness (QED) is 0.736. The third-order valence-corrected chi connectivity index (χ3v) is 3.68. The topological polar surface area (TPSA) is 84.2 Å². The minimum Gasteiger partial charge on any atom is -0.351 e. The van der Waals surface area contributed by atoms with Crippen molar-refractivity contribution < 1.29 is 22.8 Å². The van der Waals surface area contributed by atoms with Crippen LogP contribution >= 0.6 is 0 Å². The molecule has 0 bridgehead atoms. The summed E-state index contributed by atoms with van der Waals surface area (Å²) in [5.41, 5.74) is 5.60. The fourth-order valence-corrected chi connectivity index (χ4v) is 2.42. The molecule has 1 atom stereocenters. The monoisotopic (exact) mass is 365 g/mol. The van der Waals surface area contributed by atoms with Gasteiger partial charge in [0.15, 0.2) is 0 Å². The van der Waals surface area contributed by atoms with E-state index in [4.69, 9.17) is 5.73 Å². The van der Waals surface area contributed by atoms with Crippen LogP contribution in [-0.2, 0) is 17.4 Å². The number of primary amides is 1. The molecule has 138 valence electrons. The molecule has 0 aromatic heterocycles. The highest BCUT2D eigenvalue weighted by molar-refractivity contribution is 5.96. The second-order valence-electron chi connectivity index (χ2n) is 5.60. The van der Waals surface area contributed by atoms with Crippen molar-refractivity contribution in [3.8, 4) is 0 Å². The van der Waals surface area contributed by atoms with Gasteiger partial charge in [-0.1, -0.05) is 42.5 Å². The number of halogens is 3. The minimum absolute atomic E-state index is 0.317. The number of carbonyl (C=O) groups excluding carboxylic acids is 2. The first-order valence-corrected chi connectivity index (χ1v) is 7.82. The van der Waals surface area contributed by atoms with Crippen LogP contribution in [0.15, 0.2) is 54.6 Å². The molecule has 2 aromatic carbocycles. The van der Waals surface area contributed by atoms with Gasteiger partial charge in [0, 0.05) is 6.54 Å². The maximum atomic E-state index is 12.6. The van der Waals surface area contributed by atoms with Gasteiger partial charge in [-0.25, -0.2) is 4.79 Å². The Labute approximate surface area is 148 Å². The van der Waals surface area contributed by atoms with Crippen LogP contribution in [0.1, 0.15) is 22.7 Å². The maximum Gasteiger partial charge on any atom is 0.416 e. The molecule has 2 rings (SSSR count). The Balaban J connectivity index is 2.01. The lowest BCUT2D eigenvalue weighted by Gasteiger charge is -2.18. The van der Waals surface area contributed by atoms with Crippen LogP contribution in [0, 0.1) is 0 Å². The smallest absolute Gasteiger partial charge is 0.351 e. The summed E-state index contributed by atoms with van der Waals surface area (Å²) in [4.78, 5) is 23.1. The van der Waals surface area contributed by atoms with Gasteiger partial charge in [0.25, 0.3) is 0 Å². The molecule has 0 fully saturated rings. The van der Waals surface area contributed by atoms with Gasteiger partial charge in [0.1, 0.15) is 6.04 Å². The molecule has 2 aromatic rings. The number of carbonyl (C=O) groups is 2. The summed E-state index contributed by atoms with van der Waals surface area (Å²) in [5, 5.41) is 5.02. The molecule has 0 saturated heterocycles. The number of imide groups is 1. The molecular formula is C18H18F3N3O2. The lowest BCUT2D eigenvalue weighted by atomic mass is 10.0. The lowest BCUT2D eigenvalue weighted by molar-refractivity contribution is -0.137. The average molecular weight is 365 g/mol. The Bertz CT molecular complexity index is 747. The van der Waals surface area contributed by atoms with Gasteiger partial charge in [-0.05, 0) is 29.7 Å². The van der Waals surface area contributed by atoms with Gasteiger partial charge in [0.2, 0.25) is 5.91 Å². The van der Waals surface area contributed by atoms with Gasteiger partial charge in [0.05, 0.1) is 5.56 Å². The molecule has 8 heteroatoms. The molecule has 3 amide bonds. The van der Waals surface area contributed by atoms with Crippen LogP contribution in [0.25, 0.3) is 0 Å². The highest BCUT2D eigenvalue weighted by Crippen LogP contribution is 2.29. The van der Waals surface area contributed by atoms with E-state index in [9.17, 15) is 22.8 Å². The van der Waals surface area contributed by atoms with Crippen molar-refractivity contribution in [2.75, 3.05) is 6.54 Å². The second-order valence-corrected chi connectivity index (χ2v) is 5.60. The number of amides is 3. The average Bonchev–Trinajstić information content (AvgIpc) is 2.58. The van der Waals surface area contributed by atoms with Crippen molar-refractivity contribution in [3.05, 3.63) is 71.3 Å². The van der Waals surface area contributed by atoms with E-state index in [2.05, 4.69) is 5.32 Å². The standard InChI is InChI=1S/C18H18F3N3O2/c19-18(20,21)14-8-6-12(7-9-14)10-11-23-15(16(25)24-17(22)26)13-4-2-1-3-5-13/h1-9,15,23H,10-11H2,(H3,22,24,25,26)/t15-/m1/s1. The van der Waals surface area contributed by atoms with Crippen molar-refractivity contribution in [1.29, 1.82) is 0 Å². The first-order chi connectivity index (χ1) is 12.3. The molecular weight excluding hydrogens is 347 g/mol. The normalized spacial score (nSPS) is 12.4. The summed E-state index contributed by atoms with van der Waals surface area (Å²) in [6, 6.07) is 11.8. The first-order valence-electron chi connectivity index (χ1n) is 7.82. The van der Waals surface area contributed by atoms with Crippen LogP contribution in [0.5, 0.6) is 0 Å². The maximum absolute atomic E-state index is 12.6. The van der Waals surface area contributed by atoms with Gasteiger partial charge in [-0.15, -0.1) is 0 Å². The summed E-state index contributed by atoms with van der Waals surface area (Å²) in [7, 11) is 0. The van der Waals surface area contributed by atoms with Gasteiger partial charge in [-0.2, -0.15) is 13.2 Å².